The third-order valence-corrected chi connectivity index (χ3v) is 4.07. The lowest BCUT2D eigenvalue weighted by atomic mass is 9.84. The van der Waals surface area contributed by atoms with Crippen molar-refractivity contribution in [2.75, 3.05) is 19.8 Å². The molecule has 0 bridgehead atoms. The summed E-state index contributed by atoms with van der Waals surface area (Å²) < 4.78 is 10.6. The highest BCUT2D eigenvalue weighted by Gasteiger charge is 2.39. The van der Waals surface area contributed by atoms with Crippen molar-refractivity contribution in [2.45, 2.75) is 45.1 Å². The Bertz CT molecular complexity index is 267. The van der Waals surface area contributed by atoms with Crippen LogP contribution in [-0.2, 0) is 14.3 Å². The molecule has 2 fully saturated rings. The van der Waals surface area contributed by atoms with Gasteiger partial charge >= 0.3 is 5.97 Å². The van der Waals surface area contributed by atoms with Gasteiger partial charge in [0, 0.05) is 0 Å². The molecule has 2 rings (SSSR count). The summed E-state index contributed by atoms with van der Waals surface area (Å²) in [6, 6.07) is 0. The molecule has 2 unspecified atom stereocenters. The lowest BCUT2D eigenvalue weighted by Gasteiger charge is -2.40. The van der Waals surface area contributed by atoms with Crippen molar-refractivity contribution < 1.29 is 19.4 Å². The van der Waals surface area contributed by atoms with E-state index >= 15 is 0 Å². The molecule has 0 radical (unpaired) electrons. The molecule has 1 aliphatic heterocycles. The summed E-state index contributed by atoms with van der Waals surface area (Å²) in [5.74, 6) is -0.239. The fourth-order valence-corrected chi connectivity index (χ4v) is 2.50. The molecule has 0 aromatic rings. The molecular formula is C13H22O4. The largest absolute Gasteiger partial charge is 0.465 e. The zero-order valence-electron chi connectivity index (χ0n) is 10.5. The Balaban J connectivity index is 1.76. The van der Waals surface area contributed by atoms with Crippen LogP contribution in [0.25, 0.3) is 0 Å². The zero-order valence-corrected chi connectivity index (χ0v) is 10.5. The molecule has 0 aromatic heterocycles. The number of aliphatic hydroxyl groups excluding tert-OH is 1. The Hall–Kier alpha value is -0.610. The summed E-state index contributed by atoms with van der Waals surface area (Å²) >= 11 is 0. The van der Waals surface area contributed by atoms with Crippen molar-refractivity contribution in [3.05, 3.63) is 0 Å². The van der Waals surface area contributed by atoms with Crippen LogP contribution in [0.3, 0.4) is 0 Å². The third-order valence-electron chi connectivity index (χ3n) is 4.07. The molecule has 4 nitrogen and oxygen atoms in total. The minimum atomic E-state index is -0.325. The van der Waals surface area contributed by atoms with Crippen LogP contribution in [0, 0.1) is 11.3 Å². The number of carbonyl (C=O) groups is 1. The van der Waals surface area contributed by atoms with Crippen LogP contribution in [0.2, 0.25) is 0 Å². The van der Waals surface area contributed by atoms with Crippen molar-refractivity contribution >= 4 is 5.97 Å². The Morgan fingerprint density at radius 3 is 2.76 bits per heavy atom. The summed E-state index contributed by atoms with van der Waals surface area (Å²) in [4.78, 5) is 11.9. The van der Waals surface area contributed by atoms with Gasteiger partial charge in [0.2, 0.25) is 0 Å². The van der Waals surface area contributed by atoms with E-state index in [2.05, 4.69) is 6.92 Å². The maximum atomic E-state index is 11.9. The van der Waals surface area contributed by atoms with E-state index in [1.807, 2.05) is 0 Å². The molecule has 1 saturated carbocycles. The molecule has 1 saturated heterocycles. The van der Waals surface area contributed by atoms with E-state index in [1.165, 1.54) is 0 Å². The molecular weight excluding hydrogens is 220 g/mol. The van der Waals surface area contributed by atoms with Crippen LogP contribution >= 0.6 is 0 Å². The van der Waals surface area contributed by atoms with Crippen LogP contribution in [-0.4, -0.2) is 37.0 Å². The van der Waals surface area contributed by atoms with Crippen LogP contribution in [0.1, 0.15) is 39.0 Å². The summed E-state index contributed by atoms with van der Waals surface area (Å²) in [5, 5.41) is 9.53. The highest BCUT2D eigenvalue weighted by atomic mass is 16.5. The molecule has 0 amide bonds. The predicted molar refractivity (Wildman–Crippen MR) is 62.5 cm³/mol. The minimum absolute atomic E-state index is 0.0585. The molecule has 2 atom stereocenters. The number of ether oxygens (including phenoxy) is 2. The van der Waals surface area contributed by atoms with Crippen molar-refractivity contribution in [1.29, 1.82) is 0 Å². The number of hydrogen-bond donors (Lipinski definition) is 1. The second kappa shape index (κ2) is 5.36. The van der Waals surface area contributed by atoms with E-state index in [1.54, 1.807) is 0 Å². The van der Waals surface area contributed by atoms with Crippen LogP contribution in [0.4, 0.5) is 0 Å². The molecule has 0 aromatic carbocycles. The first-order chi connectivity index (χ1) is 8.15. The molecule has 17 heavy (non-hydrogen) atoms. The topological polar surface area (TPSA) is 55.8 Å². The van der Waals surface area contributed by atoms with Crippen LogP contribution < -0.4 is 0 Å². The average Bonchev–Trinajstić information content (AvgIpc) is 2.28. The second-order valence-corrected chi connectivity index (χ2v) is 5.47. The Kier molecular flexibility index (Phi) is 4.05. The predicted octanol–water partition coefficient (Wildman–Crippen LogP) is 1.51. The normalized spacial score (nSPS) is 31.6. The summed E-state index contributed by atoms with van der Waals surface area (Å²) in [6.45, 7) is 3.96. The third kappa shape index (κ3) is 2.99. The lowest BCUT2D eigenvalue weighted by Crippen LogP contribution is -2.46. The van der Waals surface area contributed by atoms with Crippen molar-refractivity contribution in [2.24, 2.45) is 11.3 Å². The molecule has 0 spiro atoms. The van der Waals surface area contributed by atoms with Crippen LogP contribution in [0.5, 0.6) is 0 Å². The summed E-state index contributed by atoms with van der Waals surface area (Å²) in [7, 11) is 0. The highest BCUT2D eigenvalue weighted by molar-refractivity contribution is 5.72. The number of hydrogen-bond acceptors (Lipinski definition) is 4. The van der Waals surface area contributed by atoms with Gasteiger partial charge in [-0.15, -0.1) is 0 Å². The van der Waals surface area contributed by atoms with Gasteiger partial charge < -0.3 is 14.6 Å². The van der Waals surface area contributed by atoms with Gasteiger partial charge in [-0.3, -0.25) is 4.79 Å². The Morgan fingerprint density at radius 1 is 1.47 bits per heavy atom. The zero-order chi connectivity index (χ0) is 12.3. The standard InChI is InChI=1S/C13H22O4/c1-2-13(7-16-8-13)9-17-12(15)10-4-3-5-11(14)6-10/h10-11,14H,2-9H2,1H3. The SMILES string of the molecule is CCC1(COC(=O)C2CCCC(O)C2)COC1. The maximum absolute atomic E-state index is 11.9. The molecule has 2 aliphatic rings. The number of esters is 1. The Morgan fingerprint density at radius 2 is 2.24 bits per heavy atom. The van der Waals surface area contributed by atoms with E-state index in [-0.39, 0.29) is 23.4 Å². The van der Waals surface area contributed by atoms with Crippen molar-refractivity contribution in [3.63, 3.8) is 0 Å². The van der Waals surface area contributed by atoms with Gasteiger partial charge in [-0.1, -0.05) is 13.3 Å². The van der Waals surface area contributed by atoms with Crippen molar-refractivity contribution in [3.8, 4) is 0 Å². The van der Waals surface area contributed by atoms with Gasteiger partial charge in [-0.05, 0) is 25.7 Å². The van der Waals surface area contributed by atoms with Gasteiger partial charge in [0.05, 0.1) is 30.7 Å². The van der Waals surface area contributed by atoms with E-state index in [0.717, 1.165) is 25.7 Å². The smallest absolute Gasteiger partial charge is 0.309 e. The molecule has 4 heteroatoms. The van der Waals surface area contributed by atoms with E-state index in [9.17, 15) is 9.90 Å². The van der Waals surface area contributed by atoms with Gasteiger partial charge in [-0.25, -0.2) is 0 Å². The average molecular weight is 242 g/mol. The van der Waals surface area contributed by atoms with Gasteiger partial charge in [0.15, 0.2) is 0 Å². The number of aliphatic hydroxyl groups is 1. The first-order valence-electron chi connectivity index (χ1n) is 6.58. The summed E-state index contributed by atoms with van der Waals surface area (Å²) in [6.07, 6.45) is 3.81. The van der Waals surface area contributed by atoms with Gasteiger partial charge in [0.25, 0.3) is 0 Å². The van der Waals surface area contributed by atoms with Gasteiger partial charge in [-0.2, -0.15) is 0 Å². The van der Waals surface area contributed by atoms with E-state index < -0.39 is 0 Å². The maximum Gasteiger partial charge on any atom is 0.309 e. The first-order valence-corrected chi connectivity index (χ1v) is 6.58. The molecule has 1 N–H and O–H groups in total. The fraction of sp³-hybridized carbons (Fsp3) is 0.923. The quantitative estimate of drug-likeness (QED) is 0.759. The molecule has 1 aliphatic carbocycles. The fourth-order valence-electron chi connectivity index (χ4n) is 2.50. The minimum Gasteiger partial charge on any atom is -0.465 e. The molecule has 1 heterocycles. The lowest BCUT2D eigenvalue weighted by molar-refractivity contribution is -0.175. The Labute approximate surface area is 102 Å². The second-order valence-electron chi connectivity index (χ2n) is 5.47. The van der Waals surface area contributed by atoms with Gasteiger partial charge in [0.1, 0.15) is 6.61 Å². The van der Waals surface area contributed by atoms with Crippen molar-refractivity contribution in [1.82, 2.24) is 0 Å². The summed E-state index contributed by atoms with van der Waals surface area (Å²) in [5.41, 5.74) is 0.0585. The van der Waals surface area contributed by atoms with E-state index in [0.29, 0.717) is 26.2 Å². The van der Waals surface area contributed by atoms with Crippen LogP contribution in [0.15, 0.2) is 0 Å². The number of carbonyl (C=O) groups excluding carboxylic acids is 1. The first kappa shape index (κ1) is 12.8. The van der Waals surface area contributed by atoms with E-state index in [4.69, 9.17) is 9.47 Å². The number of rotatable bonds is 4. The highest BCUT2D eigenvalue weighted by Crippen LogP contribution is 2.32. The monoisotopic (exact) mass is 242 g/mol. The molecule has 98 valence electrons.